The van der Waals surface area contributed by atoms with Crippen molar-refractivity contribution in [3.63, 3.8) is 0 Å². The summed E-state index contributed by atoms with van der Waals surface area (Å²) in [4.78, 5) is 18.8. The molecule has 0 aliphatic heterocycles. The third-order valence-electron chi connectivity index (χ3n) is 3.07. The first-order valence-electron chi connectivity index (χ1n) is 7.49. The van der Waals surface area contributed by atoms with Gasteiger partial charge in [-0.15, -0.1) is 0 Å². The van der Waals surface area contributed by atoms with Gasteiger partial charge in [0.1, 0.15) is 0 Å². The first-order valence-corrected chi connectivity index (χ1v) is 7.49. The summed E-state index contributed by atoms with van der Waals surface area (Å²) < 4.78 is 1.76. The lowest BCUT2D eigenvalue weighted by Crippen LogP contribution is -2.39. The van der Waals surface area contributed by atoms with Crippen LogP contribution in [0.1, 0.15) is 34.6 Å². The van der Waals surface area contributed by atoms with Crippen molar-refractivity contribution >= 4 is 5.82 Å². The average Bonchev–Trinajstić information content (AvgIpc) is 2.37. The van der Waals surface area contributed by atoms with Crippen LogP contribution in [0.3, 0.4) is 0 Å². The molecule has 1 heterocycles. The van der Waals surface area contributed by atoms with Crippen LogP contribution >= 0.6 is 0 Å². The van der Waals surface area contributed by atoms with Gasteiger partial charge in [-0.3, -0.25) is 4.79 Å². The summed E-state index contributed by atoms with van der Waals surface area (Å²) in [5, 5.41) is 3.37. The van der Waals surface area contributed by atoms with E-state index in [4.69, 9.17) is 0 Å². The molecule has 1 N–H and O–H groups in total. The van der Waals surface area contributed by atoms with E-state index in [1.165, 1.54) is 0 Å². The third kappa shape index (κ3) is 4.96. The molecule has 1 aromatic heterocycles. The maximum atomic E-state index is 12.4. The van der Waals surface area contributed by atoms with Gasteiger partial charge in [-0.25, -0.2) is 4.98 Å². The molecule has 1 rings (SSSR count). The second kappa shape index (κ2) is 8.04. The lowest BCUT2D eigenvalue weighted by atomic mass is 10.2. The Hall–Kier alpha value is -1.36. The quantitative estimate of drug-likeness (QED) is 0.788. The van der Waals surface area contributed by atoms with Gasteiger partial charge in [-0.05, 0) is 12.8 Å². The van der Waals surface area contributed by atoms with Gasteiger partial charge < -0.3 is 14.8 Å². The topological polar surface area (TPSA) is 50.2 Å². The first kappa shape index (κ1) is 16.7. The number of aromatic nitrogens is 2. The molecule has 114 valence electrons. The van der Waals surface area contributed by atoms with Crippen LogP contribution < -0.4 is 15.8 Å². The summed E-state index contributed by atoms with van der Waals surface area (Å²) in [6, 6.07) is 0.454. The highest BCUT2D eigenvalue weighted by molar-refractivity contribution is 5.35. The van der Waals surface area contributed by atoms with Gasteiger partial charge in [0.25, 0.3) is 5.56 Å². The van der Waals surface area contributed by atoms with Crippen molar-refractivity contribution in [2.75, 3.05) is 24.5 Å². The fourth-order valence-corrected chi connectivity index (χ4v) is 2.09. The van der Waals surface area contributed by atoms with Crippen molar-refractivity contribution in [3.05, 3.63) is 22.7 Å². The molecule has 0 saturated carbocycles. The van der Waals surface area contributed by atoms with Gasteiger partial charge >= 0.3 is 0 Å². The predicted molar refractivity (Wildman–Crippen MR) is 84.4 cm³/mol. The Balaban J connectivity index is 2.84. The summed E-state index contributed by atoms with van der Waals surface area (Å²) >= 11 is 0. The van der Waals surface area contributed by atoms with Crippen LogP contribution in [0.5, 0.6) is 0 Å². The SMILES string of the molecule is CCN(CCNC(C)C)c1nccn(CC(C)C)c1=O. The zero-order chi connectivity index (χ0) is 15.1. The normalized spacial score (nSPS) is 11.3. The fraction of sp³-hybridized carbons (Fsp3) is 0.733. The van der Waals surface area contributed by atoms with Gasteiger partial charge in [0.15, 0.2) is 5.82 Å². The van der Waals surface area contributed by atoms with Gasteiger partial charge in [0.05, 0.1) is 0 Å². The van der Waals surface area contributed by atoms with E-state index in [9.17, 15) is 4.79 Å². The summed E-state index contributed by atoms with van der Waals surface area (Å²) in [7, 11) is 0. The highest BCUT2D eigenvalue weighted by Crippen LogP contribution is 2.04. The van der Waals surface area contributed by atoms with Gasteiger partial charge in [-0.2, -0.15) is 0 Å². The van der Waals surface area contributed by atoms with Crippen molar-refractivity contribution in [1.29, 1.82) is 0 Å². The molecule has 0 fully saturated rings. The molecular weight excluding hydrogens is 252 g/mol. The van der Waals surface area contributed by atoms with Crippen LogP contribution in [-0.4, -0.2) is 35.2 Å². The monoisotopic (exact) mass is 280 g/mol. The molecule has 0 bridgehead atoms. The minimum Gasteiger partial charge on any atom is -0.351 e. The van der Waals surface area contributed by atoms with E-state index in [2.05, 4.69) is 44.9 Å². The van der Waals surface area contributed by atoms with E-state index in [0.29, 0.717) is 17.8 Å². The van der Waals surface area contributed by atoms with E-state index < -0.39 is 0 Å². The Morgan fingerprint density at radius 3 is 2.60 bits per heavy atom. The minimum absolute atomic E-state index is 0.00703. The van der Waals surface area contributed by atoms with Crippen LogP contribution in [0.4, 0.5) is 5.82 Å². The highest BCUT2D eigenvalue weighted by Gasteiger charge is 2.12. The molecule has 0 aliphatic carbocycles. The molecular formula is C15H28N4O. The Morgan fingerprint density at radius 2 is 2.05 bits per heavy atom. The van der Waals surface area contributed by atoms with Crippen LogP contribution in [0.15, 0.2) is 17.2 Å². The number of rotatable bonds is 8. The van der Waals surface area contributed by atoms with Crippen molar-refractivity contribution in [2.24, 2.45) is 5.92 Å². The Kier molecular flexibility index (Phi) is 6.71. The smallest absolute Gasteiger partial charge is 0.293 e. The molecule has 0 radical (unpaired) electrons. The molecule has 0 amide bonds. The largest absolute Gasteiger partial charge is 0.351 e. The van der Waals surface area contributed by atoms with Gasteiger partial charge in [0, 0.05) is 44.6 Å². The zero-order valence-electron chi connectivity index (χ0n) is 13.4. The summed E-state index contributed by atoms with van der Waals surface area (Å²) in [5.74, 6) is 1.00. The van der Waals surface area contributed by atoms with E-state index >= 15 is 0 Å². The van der Waals surface area contributed by atoms with Crippen molar-refractivity contribution in [2.45, 2.75) is 47.2 Å². The predicted octanol–water partition coefficient (Wildman–Crippen LogP) is 1.72. The molecule has 1 aromatic rings. The lowest BCUT2D eigenvalue weighted by molar-refractivity contribution is 0.507. The number of nitrogens with zero attached hydrogens (tertiary/aromatic N) is 3. The number of anilines is 1. The number of likely N-dealkylation sites (N-methyl/N-ethyl adjacent to an activating group) is 1. The van der Waals surface area contributed by atoms with Gasteiger partial charge in [0.2, 0.25) is 0 Å². The molecule has 0 spiro atoms. The van der Waals surface area contributed by atoms with E-state index in [-0.39, 0.29) is 5.56 Å². The van der Waals surface area contributed by atoms with Crippen LogP contribution in [-0.2, 0) is 6.54 Å². The maximum Gasteiger partial charge on any atom is 0.293 e. The van der Waals surface area contributed by atoms with Crippen LogP contribution in [0, 0.1) is 5.92 Å². The highest BCUT2D eigenvalue weighted by atomic mass is 16.1. The molecule has 5 heteroatoms. The molecule has 0 aliphatic rings. The lowest BCUT2D eigenvalue weighted by Gasteiger charge is -2.23. The zero-order valence-corrected chi connectivity index (χ0v) is 13.4. The molecule has 0 unspecified atom stereocenters. The number of hydrogen-bond donors (Lipinski definition) is 1. The molecule has 20 heavy (non-hydrogen) atoms. The number of nitrogens with one attached hydrogen (secondary N) is 1. The van der Waals surface area contributed by atoms with E-state index in [1.54, 1.807) is 17.0 Å². The van der Waals surface area contributed by atoms with Crippen molar-refractivity contribution in [1.82, 2.24) is 14.9 Å². The molecule has 0 aromatic carbocycles. The second-order valence-corrected chi connectivity index (χ2v) is 5.79. The summed E-state index contributed by atoms with van der Waals surface area (Å²) in [6.45, 7) is 13.7. The van der Waals surface area contributed by atoms with E-state index in [1.807, 2.05) is 4.90 Å². The average molecular weight is 280 g/mol. The molecule has 0 saturated heterocycles. The minimum atomic E-state index is 0.00703. The van der Waals surface area contributed by atoms with Gasteiger partial charge in [-0.1, -0.05) is 27.7 Å². The summed E-state index contributed by atoms with van der Waals surface area (Å²) in [6.07, 6.45) is 3.49. The molecule has 5 nitrogen and oxygen atoms in total. The standard InChI is InChI=1S/C15H28N4O/c1-6-18(9-7-16-13(4)5)14-15(20)19(10-8-17-14)11-12(2)3/h8,10,12-13,16H,6-7,9,11H2,1-5H3. The van der Waals surface area contributed by atoms with Crippen molar-refractivity contribution in [3.8, 4) is 0 Å². The fourth-order valence-electron chi connectivity index (χ4n) is 2.09. The van der Waals surface area contributed by atoms with Crippen molar-refractivity contribution < 1.29 is 0 Å². The number of hydrogen-bond acceptors (Lipinski definition) is 4. The maximum absolute atomic E-state index is 12.4. The Labute approximate surface area is 122 Å². The van der Waals surface area contributed by atoms with E-state index in [0.717, 1.165) is 26.2 Å². The Morgan fingerprint density at radius 1 is 1.35 bits per heavy atom. The third-order valence-corrected chi connectivity index (χ3v) is 3.07. The molecule has 0 atom stereocenters. The Bertz CT molecular complexity index is 453. The van der Waals surface area contributed by atoms with Crippen LogP contribution in [0.25, 0.3) is 0 Å². The second-order valence-electron chi connectivity index (χ2n) is 5.79. The first-order chi connectivity index (χ1) is 9.45. The summed E-state index contributed by atoms with van der Waals surface area (Å²) in [5.41, 5.74) is 0.00703. The van der Waals surface area contributed by atoms with Crippen LogP contribution in [0.2, 0.25) is 0 Å².